The van der Waals surface area contributed by atoms with Crippen LogP contribution in [0.4, 0.5) is 4.39 Å². The van der Waals surface area contributed by atoms with E-state index < -0.39 is 0 Å². The summed E-state index contributed by atoms with van der Waals surface area (Å²) in [5.41, 5.74) is 0.550. The second kappa shape index (κ2) is 9.73. The standard InChI is InChI=1S/C22H32ClFN4O/c23-20-6-3-7-21(24)19(20)16-25-10-14-28(15-11-25)22(29)17-26-8-12-27(13-9-26)18-4-1-2-5-18/h3,6-7,18H,1-2,4-5,8-17H2. The quantitative estimate of drug-likeness (QED) is 0.729. The topological polar surface area (TPSA) is 30.0 Å². The fourth-order valence-electron chi connectivity index (χ4n) is 4.91. The Morgan fingerprint density at radius 1 is 0.966 bits per heavy atom. The lowest BCUT2D eigenvalue weighted by molar-refractivity contribution is -0.134. The van der Waals surface area contributed by atoms with Gasteiger partial charge in [0.05, 0.1) is 6.54 Å². The van der Waals surface area contributed by atoms with E-state index >= 15 is 0 Å². The summed E-state index contributed by atoms with van der Waals surface area (Å²) < 4.78 is 14.0. The highest BCUT2D eigenvalue weighted by Gasteiger charge is 2.28. The van der Waals surface area contributed by atoms with E-state index in [1.165, 1.54) is 31.7 Å². The molecule has 1 amide bonds. The van der Waals surface area contributed by atoms with Gasteiger partial charge < -0.3 is 4.90 Å². The molecule has 3 aliphatic rings. The van der Waals surface area contributed by atoms with Gasteiger partial charge in [-0.05, 0) is 25.0 Å². The zero-order valence-electron chi connectivity index (χ0n) is 17.2. The third-order valence-electron chi connectivity index (χ3n) is 6.78. The molecule has 1 saturated carbocycles. The van der Waals surface area contributed by atoms with Crippen molar-refractivity contribution in [3.05, 3.63) is 34.6 Å². The van der Waals surface area contributed by atoms with Crippen LogP contribution in [0, 0.1) is 5.82 Å². The summed E-state index contributed by atoms with van der Waals surface area (Å²) >= 11 is 6.15. The maximum Gasteiger partial charge on any atom is 0.236 e. The average molecular weight is 423 g/mol. The molecule has 0 bridgehead atoms. The fourth-order valence-corrected chi connectivity index (χ4v) is 5.13. The lowest BCUT2D eigenvalue weighted by atomic mass is 10.1. The predicted molar refractivity (Wildman–Crippen MR) is 114 cm³/mol. The third-order valence-corrected chi connectivity index (χ3v) is 7.13. The molecule has 0 N–H and O–H groups in total. The zero-order valence-corrected chi connectivity index (χ0v) is 17.9. The van der Waals surface area contributed by atoms with Crippen molar-refractivity contribution in [2.75, 3.05) is 58.9 Å². The number of hydrogen-bond donors (Lipinski definition) is 0. The lowest BCUT2D eigenvalue weighted by Crippen LogP contribution is -2.54. The number of halogens is 2. The first-order valence-electron chi connectivity index (χ1n) is 11.0. The number of rotatable bonds is 5. The lowest BCUT2D eigenvalue weighted by Gasteiger charge is -2.39. The summed E-state index contributed by atoms with van der Waals surface area (Å²) in [5, 5.41) is 0.472. The van der Waals surface area contributed by atoms with Gasteiger partial charge in [-0.3, -0.25) is 19.5 Å². The molecule has 4 rings (SSSR count). The molecule has 160 valence electrons. The largest absolute Gasteiger partial charge is 0.339 e. The second-order valence-corrected chi connectivity index (χ2v) is 9.01. The molecule has 0 unspecified atom stereocenters. The number of piperazine rings is 2. The highest BCUT2D eigenvalue weighted by atomic mass is 35.5. The van der Waals surface area contributed by atoms with Crippen LogP contribution in [-0.2, 0) is 11.3 Å². The molecule has 2 aliphatic heterocycles. The summed E-state index contributed by atoms with van der Waals surface area (Å²) in [6, 6.07) is 5.59. The van der Waals surface area contributed by atoms with E-state index in [2.05, 4.69) is 14.7 Å². The van der Waals surface area contributed by atoms with Crippen LogP contribution in [0.25, 0.3) is 0 Å². The maximum absolute atomic E-state index is 14.0. The van der Waals surface area contributed by atoms with Crippen LogP contribution in [0.3, 0.4) is 0 Å². The Kier molecular flexibility index (Phi) is 7.06. The van der Waals surface area contributed by atoms with Gasteiger partial charge in [0.25, 0.3) is 0 Å². The van der Waals surface area contributed by atoms with Crippen molar-refractivity contribution in [2.45, 2.75) is 38.3 Å². The molecule has 0 aromatic heterocycles. The molecule has 0 atom stereocenters. The van der Waals surface area contributed by atoms with Gasteiger partial charge in [0.2, 0.25) is 5.91 Å². The van der Waals surface area contributed by atoms with Crippen LogP contribution in [0.15, 0.2) is 18.2 Å². The minimum atomic E-state index is -0.257. The first-order valence-corrected chi connectivity index (χ1v) is 11.4. The van der Waals surface area contributed by atoms with Gasteiger partial charge in [0.1, 0.15) is 5.82 Å². The van der Waals surface area contributed by atoms with Crippen LogP contribution in [0.1, 0.15) is 31.2 Å². The molecule has 2 saturated heterocycles. The number of carbonyl (C=O) groups is 1. The second-order valence-electron chi connectivity index (χ2n) is 8.61. The van der Waals surface area contributed by atoms with Crippen LogP contribution in [0.5, 0.6) is 0 Å². The molecule has 1 aromatic rings. The van der Waals surface area contributed by atoms with Gasteiger partial charge in [-0.2, -0.15) is 0 Å². The summed E-state index contributed by atoms with van der Waals surface area (Å²) in [5.74, 6) is -0.0318. The van der Waals surface area contributed by atoms with Crippen LogP contribution in [0.2, 0.25) is 5.02 Å². The first kappa shape index (κ1) is 21.0. The van der Waals surface area contributed by atoms with Crippen LogP contribution in [-0.4, -0.2) is 90.5 Å². The van der Waals surface area contributed by atoms with Crippen molar-refractivity contribution in [3.63, 3.8) is 0 Å². The van der Waals surface area contributed by atoms with Crippen molar-refractivity contribution in [1.29, 1.82) is 0 Å². The van der Waals surface area contributed by atoms with Gasteiger partial charge in [0, 0.05) is 75.5 Å². The van der Waals surface area contributed by atoms with Crippen molar-refractivity contribution in [2.24, 2.45) is 0 Å². The Morgan fingerprint density at radius 2 is 1.62 bits per heavy atom. The molecule has 0 radical (unpaired) electrons. The monoisotopic (exact) mass is 422 g/mol. The predicted octanol–water partition coefficient (Wildman–Crippen LogP) is 2.68. The average Bonchev–Trinajstić information content (AvgIpc) is 3.27. The Morgan fingerprint density at radius 3 is 2.28 bits per heavy atom. The van der Waals surface area contributed by atoms with Gasteiger partial charge in [0.15, 0.2) is 0 Å². The Bertz CT molecular complexity index is 676. The highest BCUT2D eigenvalue weighted by Crippen LogP contribution is 2.24. The first-order chi connectivity index (χ1) is 14.1. The molecule has 0 spiro atoms. The maximum atomic E-state index is 14.0. The van der Waals surface area contributed by atoms with Crippen molar-refractivity contribution in [3.8, 4) is 0 Å². The van der Waals surface area contributed by atoms with Gasteiger partial charge >= 0.3 is 0 Å². The van der Waals surface area contributed by atoms with Crippen LogP contribution < -0.4 is 0 Å². The van der Waals surface area contributed by atoms with E-state index in [4.69, 9.17) is 11.6 Å². The normalized spacial score (nSPS) is 23.0. The molecule has 2 heterocycles. The van der Waals surface area contributed by atoms with E-state index in [9.17, 15) is 9.18 Å². The summed E-state index contributed by atoms with van der Waals surface area (Å²) in [7, 11) is 0. The van der Waals surface area contributed by atoms with E-state index in [1.807, 2.05) is 4.90 Å². The molecular formula is C22H32ClFN4O. The minimum absolute atomic E-state index is 0.225. The van der Waals surface area contributed by atoms with E-state index in [1.54, 1.807) is 12.1 Å². The fraction of sp³-hybridized carbons (Fsp3) is 0.682. The van der Waals surface area contributed by atoms with Crippen molar-refractivity contribution < 1.29 is 9.18 Å². The summed E-state index contributed by atoms with van der Waals surface area (Å²) in [6.45, 7) is 8.11. The summed E-state index contributed by atoms with van der Waals surface area (Å²) in [4.78, 5) is 21.8. The number of hydrogen-bond acceptors (Lipinski definition) is 4. The molecular weight excluding hydrogens is 391 g/mol. The third kappa shape index (κ3) is 5.29. The number of carbonyl (C=O) groups excluding carboxylic acids is 1. The molecule has 5 nitrogen and oxygen atoms in total. The van der Waals surface area contributed by atoms with Gasteiger partial charge in [-0.1, -0.05) is 30.5 Å². The zero-order chi connectivity index (χ0) is 20.2. The summed E-state index contributed by atoms with van der Waals surface area (Å²) in [6.07, 6.45) is 5.44. The number of benzene rings is 1. The molecule has 7 heteroatoms. The molecule has 1 aromatic carbocycles. The van der Waals surface area contributed by atoms with Gasteiger partial charge in [-0.15, -0.1) is 0 Å². The molecule has 29 heavy (non-hydrogen) atoms. The minimum Gasteiger partial charge on any atom is -0.339 e. The Hall–Kier alpha value is -1.21. The van der Waals surface area contributed by atoms with Crippen molar-refractivity contribution in [1.82, 2.24) is 19.6 Å². The Balaban J connectivity index is 1.19. The van der Waals surface area contributed by atoms with E-state index in [-0.39, 0.29) is 11.7 Å². The Labute approximate surface area is 178 Å². The SMILES string of the molecule is O=C(CN1CCN(C2CCCC2)CC1)N1CCN(Cc2c(F)cccc2Cl)CC1. The smallest absolute Gasteiger partial charge is 0.236 e. The number of amides is 1. The van der Waals surface area contributed by atoms with E-state index in [0.29, 0.717) is 36.8 Å². The number of nitrogens with zero attached hydrogens (tertiary/aromatic N) is 4. The highest BCUT2D eigenvalue weighted by molar-refractivity contribution is 6.31. The van der Waals surface area contributed by atoms with Gasteiger partial charge in [-0.25, -0.2) is 4.39 Å². The van der Waals surface area contributed by atoms with E-state index in [0.717, 1.165) is 45.3 Å². The van der Waals surface area contributed by atoms with Crippen LogP contribution >= 0.6 is 11.6 Å². The van der Waals surface area contributed by atoms with Crippen molar-refractivity contribution >= 4 is 17.5 Å². The molecule has 3 fully saturated rings. The molecule has 1 aliphatic carbocycles.